The van der Waals surface area contributed by atoms with E-state index < -0.39 is 42.4 Å². The van der Waals surface area contributed by atoms with E-state index in [0.29, 0.717) is 44.4 Å². The summed E-state index contributed by atoms with van der Waals surface area (Å²) >= 11 is 0. The van der Waals surface area contributed by atoms with Crippen LogP contribution in [0.3, 0.4) is 0 Å². The number of nitrogens with zero attached hydrogens (tertiary/aromatic N) is 1. The van der Waals surface area contributed by atoms with Crippen molar-refractivity contribution in [1.29, 1.82) is 0 Å². The van der Waals surface area contributed by atoms with Gasteiger partial charge in [0.15, 0.2) is 0 Å². The van der Waals surface area contributed by atoms with Gasteiger partial charge in [-0.2, -0.15) is 0 Å². The first-order valence-corrected chi connectivity index (χ1v) is 21.5. The minimum Gasteiger partial charge on any atom is -0.481 e. The number of methoxy groups -OCH3 is 1. The zero-order valence-electron chi connectivity index (χ0n) is 35.9. The van der Waals surface area contributed by atoms with Crippen LogP contribution in [0.5, 0.6) is 0 Å². The third kappa shape index (κ3) is 34.6. The van der Waals surface area contributed by atoms with Crippen LogP contribution < -0.4 is 16.0 Å². The first kappa shape index (κ1) is 55.8. The molecule has 19 heteroatoms. The van der Waals surface area contributed by atoms with Crippen molar-refractivity contribution in [2.24, 2.45) is 0 Å². The largest absolute Gasteiger partial charge is 0.481 e. The fraction of sp³-hybridized carbons (Fsp3) is 0.805. The molecular weight excluding hydrogens is 788 g/mol. The van der Waals surface area contributed by atoms with Gasteiger partial charge in [-0.05, 0) is 25.7 Å². The average Bonchev–Trinajstić information content (AvgIpc) is 3.52. The molecule has 346 valence electrons. The number of hydrogen-bond donors (Lipinski definition) is 5. The Morgan fingerprint density at radius 1 is 0.600 bits per heavy atom. The molecule has 1 heterocycles. The number of amides is 5. The van der Waals surface area contributed by atoms with Gasteiger partial charge in [0.1, 0.15) is 19.3 Å². The van der Waals surface area contributed by atoms with E-state index in [2.05, 4.69) is 20.8 Å². The minimum atomic E-state index is -1.13. The van der Waals surface area contributed by atoms with E-state index in [9.17, 15) is 43.5 Å². The van der Waals surface area contributed by atoms with Crippen molar-refractivity contribution in [3.8, 4) is 0 Å². The quantitative estimate of drug-likeness (QED) is 0.0439. The third-order valence-corrected chi connectivity index (χ3v) is 8.91. The summed E-state index contributed by atoms with van der Waals surface area (Å²) in [5.41, 5.74) is 0. The fourth-order valence-electron chi connectivity index (χ4n) is 5.65. The Labute approximate surface area is 354 Å². The third-order valence-electron chi connectivity index (χ3n) is 8.91. The molecule has 1 atom stereocenters. The molecular formula is C41H72N4O15. The number of carboxylic acids is 2. The topological polar surface area (TPSA) is 262 Å². The van der Waals surface area contributed by atoms with Crippen molar-refractivity contribution in [3.05, 3.63) is 0 Å². The Balaban J connectivity index is 0.00000122. The highest BCUT2D eigenvalue weighted by molar-refractivity contribution is 6.01. The van der Waals surface area contributed by atoms with Crippen LogP contribution in [0.4, 0.5) is 0 Å². The van der Waals surface area contributed by atoms with Crippen LogP contribution in [-0.2, 0) is 62.1 Å². The molecule has 5 amide bonds. The molecule has 0 radical (unpaired) electrons. The van der Waals surface area contributed by atoms with Crippen molar-refractivity contribution >= 4 is 47.4 Å². The van der Waals surface area contributed by atoms with Crippen LogP contribution in [0.15, 0.2) is 0 Å². The van der Waals surface area contributed by atoms with Crippen LogP contribution in [-0.4, -0.2) is 135 Å². The number of imide groups is 1. The molecule has 0 aliphatic carbocycles. The molecule has 19 nitrogen and oxygen atoms in total. The smallest absolute Gasteiger partial charge is 0.358 e. The summed E-state index contributed by atoms with van der Waals surface area (Å²) in [4.78, 5) is 95.4. The molecule has 1 rings (SSSR count). The number of aliphatic carboxylic acids is 2. The van der Waals surface area contributed by atoms with E-state index in [1.165, 1.54) is 52.1 Å². The van der Waals surface area contributed by atoms with E-state index in [4.69, 9.17) is 24.1 Å². The number of unbranched alkanes of at least 4 members (excludes halogenated alkanes) is 13. The van der Waals surface area contributed by atoms with E-state index >= 15 is 0 Å². The summed E-state index contributed by atoms with van der Waals surface area (Å²) in [6.07, 6.45) is 17.1. The lowest BCUT2D eigenvalue weighted by Gasteiger charge is -2.14. The van der Waals surface area contributed by atoms with Crippen LogP contribution in [0.1, 0.15) is 142 Å². The lowest BCUT2D eigenvalue weighted by molar-refractivity contribution is -0.200. The zero-order valence-corrected chi connectivity index (χ0v) is 35.9. The summed E-state index contributed by atoms with van der Waals surface area (Å²) in [6, 6.07) is -1.05. The van der Waals surface area contributed by atoms with E-state index in [-0.39, 0.29) is 69.6 Å². The van der Waals surface area contributed by atoms with Crippen LogP contribution in [0.2, 0.25) is 0 Å². The Morgan fingerprint density at radius 2 is 1.10 bits per heavy atom. The molecule has 1 fully saturated rings. The Hall–Kier alpha value is -4.20. The van der Waals surface area contributed by atoms with Gasteiger partial charge in [-0.1, -0.05) is 84.0 Å². The standard InChI is InChI=1S/C26H48N2O7.C15H24N2O8/c1-35-21-20-27-23(29)19-18-22(26(33)34)28-24(30)16-14-12-10-8-6-4-2-3-5-7-9-11-13-15-17-25(31)32;1-2-6-23-10-12(18)16-5-7-22-8-9-24-11-15(21)25-17-13(19)3-4-14(17)20/h22H,2-21H2,1H3,(H,27,29)(H,28,30)(H,31,32)(H,33,34);2-11H2,1H3,(H,16,18)/t22-;/m0./s1. The van der Waals surface area contributed by atoms with Crippen molar-refractivity contribution in [3.63, 3.8) is 0 Å². The van der Waals surface area contributed by atoms with Gasteiger partial charge < -0.3 is 49.9 Å². The molecule has 5 N–H and O–H groups in total. The van der Waals surface area contributed by atoms with Crippen molar-refractivity contribution in [2.45, 2.75) is 148 Å². The van der Waals surface area contributed by atoms with Gasteiger partial charge in [0.25, 0.3) is 11.8 Å². The summed E-state index contributed by atoms with van der Waals surface area (Å²) in [7, 11) is 1.53. The second-order valence-corrected chi connectivity index (χ2v) is 14.3. The van der Waals surface area contributed by atoms with Crippen molar-refractivity contribution in [1.82, 2.24) is 21.0 Å². The molecule has 0 aromatic carbocycles. The molecule has 0 saturated carbocycles. The highest BCUT2D eigenvalue weighted by Crippen LogP contribution is 2.14. The highest BCUT2D eigenvalue weighted by atomic mass is 16.7. The predicted molar refractivity (Wildman–Crippen MR) is 218 cm³/mol. The number of hydrogen-bond acceptors (Lipinski definition) is 13. The van der Waals surface area contributed by atoms with Crippen LogP contribution >= 0.6 is 0 Å². The molecule has 0 unspecified atom stereocenters. The number of rotatable bonds is 38. The Kier molecular flexibility index (Phi) is 36.2. The van der Waals surface area contributed by atoms with Gasteiger partial charge >= 0.3 is 17.9 Å². The van der Waals surface area contributed by atoms with Gasteiger partial charge in [-0.3, -0.25) is 28.8 Å². The summed E-state index contributed by atoms with van der Waals surface area (Å²) in [5, 5.41) is 26.1. The molecule has 0 spiro atoms. The molecule has 0 aromatic rings. The van der Waals surface area contributed by atoms with Gasteiger partial charge in [-0.25, -0.2) is 9.59 Å². The molecule has 60 heavy (non-hydrogen) atoms. The maximum absolute atomic E-state index is 12.1. The Bertz CT molecular complexity index is 1220. The zero-order chi connectivity index (χ0) is 44.6. The molecule has 0 bridgehead atoms. The lowest BCUT2D eigenvalue weighted by Crippen LogP contribution is -2.41. The van der Waals surface area contributed by atoms with Gasteiger partial charge in [0, 0.05) is 58.9 Å². The molecule has 1 aliphatic heterocycles. The van der Waals surface area contributed by atoms with Crippen molar-refractivity contribution in [2.75, 3.05) is 66.4 Å². The summed E-state index contributed by atoms with van der Waals surface area (Å²) < 4.78 is 20.1. The SMILES string of the molecule is CCCOCC(=O)NCCOCCOCC(=O)ON1C(=O)CCC1=O.COCCNC(=O)CC[C@H](NC(=O)CCCCCCCCCCCCCCCCC(=O)O)C(=O)O. The molecule has 1 aliphatic rings. The highest BCUT2D eigenvalue weighted by Gasteiger charge is 2.32. The average molecular weight is 861 g/mol. The number of carbonyl (C=O) groups is 8. The summed E-state index contributed by atoms with van der Waals surface area (Å²) in [5.74, 6) is -4.48. The second kappa shape index (κ2) is 39.0. The lowest BCUT2D eigenvalue weighted by atomic mass is 10.0. The molecule has 1 saturated heterocycles. The first-order valence-electron chi connectivity index (χ1n) is 21.5. The van der Waals surface area contributed by atoms with E-state index in [0.717, 1.165) is 51.4 Å². The van der Waals surface area contributed by atoms with E-state index in [1.54, 1.807) is 0 Å². The van der Waals surface area contributed by atoms with Crippen LogP contribution in [0, 0.1) is 0 Å². The van der Waals surface area contributed by atoms with Crippen molar-refractivity contribution < 1.29 is 72.4 Å². The predicted octanol–water partition coefficient (Wildman–Crippen LogP) is 3.59. The first-order chi connectivity index (χ1) is 28.9. The number of nitrogens with one attached hydrogen (secondary N) is 3. The maximum atomic E-state index is 12.1. The second-order valence-electron chi connectivity index (χ2n) is 14.3. The molecule has 0 aromatic heterocycles. The maximum Gasteiger partial charge on any atom is 0.358 e. The normalized spacial score (nSPS) is 12.7. The van der Waals surface area contributed by atoms with Gasteiger partial charge in [0.05, 0.1) is 26.4 Å². The van der Waals surface area contributed by atoms with Crippen LogP contribution in [0.25, 0.3) is 0 Å². The fourth-order valence-corrected chi connectivity index (χ4v) is 5.65. The number of carbonyl (C=O) groups excluding carboxylic acids is 6. The number of hydroxylamine groups is 2. The summed E-state index contributed by atoms with van der Waals surface area (Å²) in [6.45, 7) is 3.89. The number of carboxylic acid groups (broad SMARTS) is 2. The van der Waals surface area contributed by atoms with E-state index in [1.807, 2.05) is 6.92 Å². The number of ether oxygens (including phenoxy) is 4. The Morgan fingerprint density at radius 3 is 1.63 bits per heavy atom. The van der Waals surface area contributed by atoms with Gasteiger partial charge in [-0.15, -0.1) is 5.06 Å². The minimum absolute atomic E-state index is 0.0289. The monoisotopic (exact) mass is 860 g/mol. The van der Waals surface area contributed by atoms with Gasteiger partial charge in [0.2, 0.25) is 17.7 Å².